The first-order chi connectivity index (χ1) is 12.0. The lowest BCUT2D eigenvalue weighted by atomic mass is 9.98. The molecule has 0 spiro atoms. The van der Waals surface area contributed by atoms with E-state index in [4.69, 9.17) is 9.15 Å². The van der Waals surface area contributed by atoms with E-state index in [1.165, 1.54) is 9.87 Å². The van der Waals surface area contributed by atoms with Crippen LogP contribution in [0.15, 0.2) is 33.6 Å². The molecule has 8 heteroatoms. The van der Waals surface area contributed by atoms with E-state index in [0.717, 1.165) is 12.0 Å². The Morgan fingerprint density at radius 2 is 2.04 bits per heavy atom. The van der Waals surface area contributed by atoms with Crippen molar-refractivity contribution in [1.82, 2.24) is 14.5 Å². The molecular weight excluding hydrogens is 342 g/mol. The summed E-state index contributed by atoms with van der Waals surface area (Å²) in [4.78, 5) is 0.452. The lowest BCUT2D eigenvalue weighted by Gasteiger charge is -2.31. The highest BCUT2D eigenvalue weighted by Gasteiger charge is 2.35. The summed E-state index contributed by atoms with van der Waals surface area (Å²) in [6, 6.07) is 7.89. The van der Waals surface area contributed by atoms with Crippen molar-refractivity contribution in [2.75, 3.05) is 19.7 Å². The van der Waals surface area contributed by atoms with E-state index in [-0.39, 0.29) is 6.54 Å². The number of allylic oxidation sites excluding steroid dienone is 1. The molecule has 1 aliphatic heterocycles. The smallest absolute Gasteiger partial charge is 0.246 e. The van der Waals surface area contributed by atoms with Crippen LogP contribution in [-0.2, 0) is 21.2 Å². The molecule has 7 nitrogen and oxygen atoms in total. The van der Waals surface area contributed by atoms with Crippen molar-refractivity contribution in [1.29, 1.82) is 0 Å². The molecule has 2 aliphatic rings. The molecule has 1 aromatic heterocycles. The third kappa shape index (κ3) is 3.12. The number of aryl methyl sites for hydroxylation is 2. The van der Waals surface area contributed by atoms with Gasteiger partial charge in [-0.2, -0.15) is 4.31 Å². The first kappa shape index (κ1) is 16.4. The highest BCUT2D eigenvalue weighted by molar-refractivity contribution is 7.93. The van der Waals surface area contributed by atoms with Crippen molar-refractivity contribution in [3.8, 4) is 0 Å². The average Bonchev–Trinajstić information content (AvgIpc) is 3.08. The SMILES string of the molecule is Cc1nnc(C2CN(S(=O)(=O)C3=Cc4ccccc4CC3)CCO2)o1. The fourth-order valence-electron chi connectivity index (χ4n) is 3.21. The number of rotatable bonds is 3. The first-order valence-electron chi connectivity index (χ1n) is 8.24. The highest BCUT2D eigenvalue weighted by atomic mass is 32.2. The summed E-state index contributed by atoms with van der Waals surface area (Å²) in [7, 11) is -3.54. The largest absolute Gasteiger partial charge is 0.423 e. The van der Waals surface area contributed by atoms with Crippen LogP contribution in [0.25, 0.3) is 6.08 Å². The van der Waals surface area contributed by atoms with E-state index in [1.807, 2.05) is 24.3 Å². The second-order valence-corrected chi connectivity index (χ2v) is 8.18. The Labute approximate surface area is 146 Å². The number of benzene rings is 1. The third-order valence-corrected chi connectivity index (χ3v) is 6.53. The Kier molecular flexibility index (Phi) is 4.18. The van der Waals surface area contributed by atoms with Gasteiger partial charge in [0.05, 0.1) is 11.5 Å². The predicted molar refractivity (Wildman–Crippen MR) is 91.0 cm³/mol. The molecule has 0 bridgehead atoms. The maximum atomic E-state index is 13.1. The van der Waals surface area contributed by atoms with Gasteiger partial charge in [-0.15, -0.1) is 10.2 Å². The lowest BCUT2D eigenvalue weighted by Crippen LogP contribution is -2.43. The Hall–Kier alpha value is -2.03. The zero-order valence-corrected chi connectivity index (χ0v) is 14.7. The summed E-state index contributed by atoms with van der Waals surface area (Å²) in [6.45, 7) is 2.50. The maximum absolute atomic E-state index is 13.1. The van der Waals surface area contributed by atoms with Gasteiger partial charge in [0, 0.05) is 20.0 Å². The minimum atomic E-state index is -3.54. The molecule has 4 rings (SSSR count). The van der Waals surface area contributed by atoms with Gasteiger partial charge in [-0.3, -0.25) is 0 Å². The second kappa shape index (κ2) is 6.36. The maximum Gasteiger partial charge on any atom is 0.246 e. The molecule has 0 N–H and O–H groups in total. The van der Waals surface area contributed by atoms with Crippen LogP contribution >= 0.6 is 0 Å². The van der Waals surface area contributed by atoms with E-state index in [1.54, 1.807) is 13.0 Å². The third-order valence-electron chi connectivity index (χ3n) is 4.53. The van der Waals surface area contributed by atoms with Crippen LogP contribution in [0.2, 0.25) is 0 Å². The van der Waals surface area contributed by atoms with Crippen LogP contribution in [0, 0.1) is 6.92 Å². The summed E-state index contributed by atoms with van der Waals surface area (Å²) in [5, 5.41) is 7.74. The quantitative estimate of drug-likeness (QED) is 0.832. The van der Waals surface area contributed by atoms with Crippen LogP contribution in [0.1, 0.15) is 35.4 Å². The van der Waals surface area contributed by atoms with Gasteiger partial charge in [0.25, 0.3) is 0 Å². The summed E-state index contributed by atoms with van der Waals surface area (Å²) in [5.41, 5.74) is 2.16. The van der Waals surface area contributed by atoms with E-state index < -0.39 is 16.1 Å². The van der Waals surface area contributed by atoms with E-state index in [9.17, 15) is 8.42 Å². The van der Waals surface area contributed by atoms with Crippen LogP contribution in [0.4, 0.5) is 0 Å². The number of sulfonamides is 1. The first-order valence-corrected chi connectivity index (χ1v) is 9.68. The van der Waals surface area contributed by atoms with E-state index in [0.29, 0.717) is 36.3 Å². The molecule has 0 amide bonds. The summed E-state index contributed by atoms with van der Waals surface area (Å²) < 4.78 is 38.6. The molecule has 1 saturated heterocycles. The Bertz CT molecular complexity index is 919. The van der Waals surface area contributed by atoms with E-state index >= 15 is 0 Å². The summed E-state index contributed by atoms with van der Waals surface area (Å²) in [6.07, 6.45) is 2.51. The Morgan fingerprint density at radius 1 is 1.20 bits per heavy atom. The molecule has 1 aliphatic carbocycles. The fourth-order valence-corrected chi connectivity index (χ4v) is 4.82. The molecule has 2 aromatic rings. The molecule has 1 unspecified atom stereocenters. The van der Waals surface area contributed by atoms with Crippen molar-refractivity contribution >= 4 is 16.1 Å². The van der Waals surface area contributed by atoms with Gasteiger partial charge in [0.1, 0.15) is 6.10 Å². The molecule has 1 aromatic carbocycles. The molecule has 0 saturated carbocycles. The Balaban J connectivity index is 1.59. The van der Waals surface area contributed by atoms with Crippen LogP contribution in [0.5, 0.6) is 0 Å². The fraction of sp³-hybridized carbons (Fsp3) is 0.412. The van der Waals surface area contributed by atoms with Crippen molar-refractivity contribution < 1.29 is 17.6 Å². The zero-order chi connectivity index (χ0) is 17.4. The topological polar surface area (TPSA) is 85.5 Å². The predicted octanol–water partition coefficient (Wildman–Crippen LogP) is 2.07. The lowest BCUT2D eigenvalue weighted by molar-refractivity contribution is -0.0174. The van der Waals surface area contributed by atoms with Gasteiger partial charge >= 0.3 is 0 Å². The standard InChI is InChI=1S/C17H19N3O4S/c1-12-18-19-17(24-12)16-11-20(8-9-23-16)25(21,22)15-7-6-13-4-2-3-5-14(13)10-15/h2-5,10,16H,6-9,11H2,1H3. The zero-order valence-electron chi connectivity index (χ0n) is 13.9. The molecule has 0 radical (unpaired) electrons. The van der Waals surface area contributed by atoms with Gasteiger partial charge in [0.2, 0.25) is 21.8 Å². The number of aromatic nitrogens is 2. The number of hydrogen-bond acceptors (Lipinski definition) is 6. The molecular formula is C17H19N3O4S. The monoisotopic (exact) mass is 361 g/mol. The van der Waals surface area contributed by atoms with Crippen molar-refractivity contribution in [3.63, 3.8) is 0 Å². The van der Waals surface area contributed by atoms with Gasteiger partial charge < -0.3 is 9.15 Å². The highest BCUT2D eigenvalue weighted by Crippen LogP contribution is 2.31. The van der Waals surface area contributed by atoms with Crippen molar-refractivity contribution in [2.24, 2.45) is 0 Å². The van der Waals surface area contributed by atoms with Gasteiger partial charge in [-0.25, -0.2) is 8.42 Å². The van der Waals surface area contributed by atoms with Gasteiger partial charge in [0.15, 0.2) is 0 Å². The number of morpholine rings is 1. The number of nitrogens with zero attached hydrogens (tertiary/aromatic N) is 3. The second-order valence-electron chi connectivity index (χ2n) is 6.19. The van der Waals surface area contributed by atoms with Crippen LogP contribution in [0.3, 0.4) is 0 Å². The normalized spacial score (nSPS) is 21.6. The summed E-state index contributed by atoms with van der Waals surface area (Å²) in [5.74, 6) is 0.755. The minimum absolute atomic E-state index is 0.183. The molecule has 1 atom stereocenters. The van der Waals surface area contributed by atoms with Crippen LogP contribution in [-0.4, -0.2) is 42.6 Å². The number of hydrogen-bond donors (Lipinski definition) is 0. The average molecular weight is 361 g/mol. The van der Waals surface area contributed by atoms with Crippen LogP contribution < -0.4 is 0 Å². The number of fused-ring (bicyclic) bond motifs is 1. The van der Waals surface area contributed by atoms with Crippen molar-refractivity contribution in [2.45, 2.75) is 25.9 Å². The van der Waals surface area contributed by atoms with E-state index in [2.05, 4.69) is 10.2 Å². The molecule has 132 valence electrons. The van der Waals surface area contributed by atoms with Gasteiger partial charge in [-0.1, -0.05) is 24.3 Å². The molecule has 25 heavy (non-hydrogen) atoms. The molecule has 2 heterocycles. The molecule has 1 fully saturated rings. The minimum Gasteiger partial charge on any atom is -0.423 e. The summed E-state index contributed by atoms with van der Waals surface area (Å²) >= 11 is 0. The number of ether oxygens (including phenoxy) is 1. The van der Waals surface area contributed by atoms with Gasteiger partial charge in [-0.05, 0) is 30.0 Å². The van der Waals surface area contributed by atoms with Crippen molar-refractivity contribution in [3.05, 3.63) is 52.1 Å². The Morgan fingerprint density at radius 3 is 2.84 bits per heavy atom.